The molecule has 0 aliphatic rings. The molecule has 0 saturated carbocycles. The fourth-order valence-corrected chi connectivity index (χ4v) is 1.82. The van der Waals surface area contributed by atoms with Gasteiger partial charge in [-0.1, -0.05) is 37.3 Å². The highest BCUT2D eigenvalue weighted by Gasteiger charge is 2.12. The highest BCUT2D eigenvalue weighted by molar-refractivity contribution is 5.76. The molecule has 0 saturated heterocycles. The fourth-order valence-electron chi connectivity index (χ4n) is 1.82. The molecule has 1 amide bonds. The van der Waals surface area contributed by atoms with E-state index in [0.717, 1.165) is 24.8 Å². The van der Waals surface area contributed by atoms with E-state index in [0.29, 0.717) is 13.0 Å². The number of nitrogens with two attached hydrogens (primary N) is 1. The molecular weight excluding hydrogens is 212 g/mol. The van der Waals surface area contributed by atoms with E-state index in [2.05, 4.69) is 5.32 Å². The fraction of sp³-hybridized carbons (Fsp3) is 0.500. The Balaban J connectivity index is 2.63. The predicted octanol–water partition coefficient (Wildman–Crippen LogP) is 2.38. The average Bonchev–Trinajstić information content (AvgIpc) is 2.36. The van der Waals surface area contributed by atoms with E-state index in [4.69, 9.17) is 5.73 Å². The quantitative estimate of drug-likeness (QED) is 0.761. The van der Waals surface area contributed by atoms with Gasteiger partial charge in [-0.25, -0.2) is 0 Å². The van der Waals surface area contributed by atoms with Crippen molar-refractivity contribution in [2.75, 3.05) is 6.54 Å². The number of carbonyl (C=O) groups excluding carboxylic acids is 1. The van der Waals surface area contributed by atoms with Crippen molar-refractivity contribution in [3.8, 4) is 0 Å². The first-order valence-corrected chi connectivity index (χ1v) is 6.32. The first-order valence-electron chi connectivity index (χ1n) is 6.32. The summed E-state index contributed by atoms with van der Waals surface area (Å²) in [6.07, 6.45) is 3.29. The van der Waals surface area contributed by atoms with Crippen molar-refractivity contribution in [3.63, 3.8) is 0 Å². The zero-order valence-corrected chi connectivity index (χ0v) is 10.5. The molecule has 0 radical (unpaired) electrons. The zero-order valence-electron chi connectivity index (χ0n) is 10.5. The lowest BCUT2D eigenvalue weighted by Gasteiger charge is -2.18. The van der Waals surface area contributed by atoms with Gasteiger partial charge in [-0.05, 0) is 31.4 Å². The summed E-state index contributed by atoms with van der Waals surface area (Å²) < 4.78 is 0. The molecule has 3 N–H and O–H groups in total. The lowest BCUT2D eigenvalue weighted by atomic mass is 10.0. The maximum absolute atomic E-state index is 11.6. The second kappa shape index (κ2) is 7.85. The monoisotopic (exact) mass is 234 g/mol. The molecule has 17 heavy (non-hydrogen) atoms. The maximum atomic E-state index is 11.6. The van der Waals surface area contributed by atoms with Gasteiger partial charge in [0.25, 0.3) is 0 Å². The van der Waals surface area contributed by atoms with Gasteiger partial charge in [-0.3, -0.25) is 4.79 Å². The molecule has 1 aromatic carbocycles. The van der Waals surface area contributed by atoms with Gasteiger partial charge in [-0.15, -0.1) is 0 Å². The van der Waals surface area contributed by atoms with Gasteiger partial charge in [0.05, 0.1) is 6.04 Å². The zero-order chi connectivity index (χ0) is 12.5. The summed E-state index contributed by atoms with van der Waals surface area (Å²) in [7, 11) is 0. The van der Waals surface area contributed by atoms with Gasteiger partial charge < -0.3 is 11.1 Å². The Hall–Kier alpha value is -1.35. The van der Waals surface area contributed by atoms with Gasteiger partial charge in [-0.2, -0.15) is 0 Å². The van der Waals surface area contributed by atoms with Crippen LogP contribution >= 0.6 is 0 Å². The highest BCUT2D eigenvalue weighted by Crippen LogP contribution is 2.18. The van der Waals surface area contributed by atoms with Crippen LogP contribution in [0.25, 0.3) is 0 Å². The number of hydrogen-bond donors (Lipinski definition) is 2. The highest BCUT2D eigenvalue weighted by atomic mass is 16.1. The van der Waals surface area contributed by atoms with Crippen LogP contribution in [0.4, 0.5) is 0 Å². The number of amides is 1. The van der Waals surface area contributed by atoms with Crippen LogP contribution < -0.4 is 11.1 Å². The molecule has 1 rings (SSSR count). The van der Waals surface area contributed by atoms with Crippen molar-refractivity contribution in [1.29, 1.82) is 0 Å². The Morgan fingerprint density at radius 1 is 1.35 bits per heavy atom. The van der Waals surface area contributed by atoms with Gasteiger partial charge in [0.2, 0.25) is 5.91 Å². The van der Waals surface area contributed by atoms with Gasteiger partial charge in [0, 0.05) is 6.42 Å². The molecule has 0 aliphatic carbocycles. The number of nitrogens with one attached hydrogen (secondary N) is 1. The number of hydrogen-bond acceptors (Lipinski definition) is 2. The van der Waals surface area contributed by atoms with Crippen LogP contribution in [0.5, 0.6) is 0 Å². The third kappa shape index (κ3) is 5.00. The normalized spacial score (nSPS) is 12.1. The number of carbonyl (C=O) groups is 1. The molecule has 1 aromatic rings. The lowest BCUT2D eigenvalue weighted by molar-refractivity contribution is -0.121. The Morgan fingerprint density at radius 3 is 2.65 bits per heavy atom. The molecule has 0 spiro atoms. The molecular formula is C14H22N2O. The Labute approximate surface area is 103 Å². The van der Waals surface area contributed by atoms with E-state index in [-0.39, 0.29) is 11.9 Å². The van der Waals surface area contributed by atoms with E-state index in [1.54, 1.807) is 0 Å². The van der Waals surface area contributed by atoms with Crippen molar-refractivity contribution < 1.29 is 4.79 Å². The average molecular weight is 234 g/mol. The van der Waals surface area contributed by atoms with Crippen LogP contribution in [0.15, 0.2) is 30.3 Å². The largest absolute Gasteiger partial charge is 0.349 e. The summed E-state index contributed by atoms with van der Waals surface area (Å²) in [6.45, 7) is 2.67. The van der Waals surface area contributed by atoms with Crippen molar-refractivity contribution in [1.82, 2.24) is 5.32 Å². The van der Waals surface area contributed by atoms with Crippen LogP contribution in [0, 0.1) is 0 Å². The minimum absolute atomic E-state index is 0.0961. The van der Waals surface area contributed by atoms with Crippen LogP contribution in [-0.4, -0.2) is 12.5 Å². The van der Waals surface area contributed by atoms with Crippen molar-refractivity contribution >= 4 is 5.91 Å². The Morgan fingerprint density at radius 2 is 2.06 bits per heavy atom. The van der Waals surface area contributed by atoms with Crippen LogP contribution in [0.2, 0.25) is 0 Å². The molecule has 1 atom stereocenters. The molecule has 3 heteroatoms. The molecule has 0 aromatic heterocycles. The molecule has 1 unspecified atom stereocenters. The third-order valence-corrected chi connectivity index (χ3v) is 2.71. The molecule has 0 bridgehead atoms. The Kier molecular flexibility index (Phi) is 6.33. The van der Waals surface area contributed by atoms with E-state index in [9.17, 15) is 4.79 Å². The summed E-state index contributed by atoms with van der Waals surface area (Å²) in [5.74, 6) is 0.123. The standard InChI is InChI=1S/C14H22N2O/c1-2-7-14(17)16-13(10-6-11-15)12-8-4-3-5-9-12/h3-5,8-9,13H,2,6-7,10-11,15H2,1H3,(H,16,17). The minimum atomic E-state index is 0.0961. The van der Waals surface area contributed by atoms with Crippen LogP contribution in [-0.2, 0) is 4.79 Å². The predicted molar refractivity (Wildman–Crippen MR) is 70.5 cm³/mol. The number of rotatable bonds is 7. The molecule has 0 aliphatic heterocycles. The molecule has 94 valence electrons. The van der Waals surface area contributed by atoms with Gasteiger partial charge >= 0.3 is 0 Å². The van der Waals surface area contributed by atoms with Crippen LogP contribution in [0.1, 0.15) is 44.2 Å². The Bertz CT molecular complexity index is 324. The maximum Gasteiger partial charge on any atom is 0.220 e. The summed E-state index contributed by atoms with van der Waals surface area (Å²) in [6, 6.07) is 10.2. The van der Waals surface area contributed by atoms with E-state index < -0.39 is 0 Å². The molecule has 3 nitrogen and oxygen atoms in total. The summed E-state index contributed by atoms with van der Waals surface area (Å²) in [5, 5.41) is 3.07. The lowest BCUT2D eigenvalue weighted by Crippen LogP contribution is -2.28. The third-order valence-electron chi connectivity index (χ3n) is 2.71. The second-order valence-corrected chi connectivity index (χ2v) is 4.21. The van der Waals surface area contributed by atoms with Crippen molar-refractivity contribution in [2.45, 2.75) is 38.6 Å². The van der Waals surface area contributed by atoms with E-state index >= 15 is 0 Å². The first-order chi connectivity index (χ1) is 8.27. The topological polar surface area (TPSA) is 55.1 Å². The SMILES string of the molecule is CCCC(=O)NC(CCCN)c1ccccc1. The number of benzene rings is 1. The summed E-state index contributed by atoms with van der Waals surface area (Å²) in [4.78, 5) is 11.6. The second-order valence-electron chi connectivity index (χ2n) is 4.21. The summed E-state index contributed by atoms with van der Waals surface area (Å²) >= 11 is 0. The molecule has 0 fully saturated rings. The minimum Gasteiger partial charge on any atom is -0.349 e. The first kappa shape index (κ1) is 13.7. The van der Waals surface area contributed by atoms with E-state index in [1.807, 2.05) is 37.3 Å². The van der Waals surface area contributed by atoms with Crippen LogP contribution in [0.3, 0.4) is 0 Å². The van der Waals surface area contributed by atoms with Gasteiger partial charge in [0.1, 0.15) is 0 Å². The summed E-state index contributed by atoms with van der Waals surface area (Å²) in [5.41, 5.74) is 6.69. The smallest absolute Gasteiger partial charge is 0.220 e. The van der Waals surface area contributed by atoms with Gasteiger partial charge in [0.15, 0.2) is 0 Å². The van der Waals surface area contributed by atoms with Crippen molar-refractivity contribution in [2.24, 2.45) is 5.73 Å². The van der Waals surface area contributed by atoms with Crippen molar-refractivity contribution in [3.05, 3.63) is 35.9 Å². The molecule has 0 heterocycles. The van der Waals surface area contributed by atoms with E-state index in [1.165, 1.54) is 0 Å².